The minimum atomic E-state index is -4.54. The van der Waals surface area contributed by atoms with Crippen molar-refractivity contribution in [1.29, 1.82) is 0 Å². The number of fused-ring (bicyclic) bond motifs is 1. The highest BCUT2D eigenvalue weighted by Crippen LogP contribution is 2.34. The Bertz CT molecular complexity index is 831. The smallest absolute Gasteiger partial charge is 0.347 e. The van der Waals surface area contributed by atoms with Gasteiger partial charge in [0.1, 0.15) is 17.1 Å². The summed E-state index contributed by atoms with van der Waals surface area (Å²) in [5.41, 5.74) is -0.409. The van der Waals surface area contributed by atoms with Gasteiger partial charge in [-0.05, 0) is 31.0 Å². The number of aromatic nitrogens is 1. The fraction of sp³-hybridized carbons (Fsp3) is 0.471. The maximum atomic E-state index is 12.9. The predicted octanol–water partition coefficient (Wildman–Crippen LogP) is 3.56. The van der Waals surface area contributed by atoms with Crippen LogP contribution in [0.4, 0.5) is 13.2 Å². The topological polar surface area (TPSA) is 53.5 Å². The third-order valence-corrected chi connectivity index (χ3v) is 5.08. The molecule has 0 N–H and O–H groups in total. The van der Waals surface area contributed by atoms with Crippen molar-refractivity contribution >= 4 is 33.4 Å². The number of aryl methyl sites for hydroxylation is 1. The van der Waals surface area contributed by atoms with Crippen LogP contribution in [0.2, 0.25) is 0 Å². The van der Waals surface area contributed by atoms with E-state index in [-0.39, 0.29) is 23.2 Å². The Kier molecular flexibility index (Phi) is 5.90. The first-order valence-electron chi connectivity index (χ1n) is 8.03. The van der Waals surface area contributed by atoms with Crippen molar-refractivity contribution in [3.8, 4) is 0 Å². The van der Waals surface area contributed by atoms with E-state index in [4.69, 9.17) is 0 Å². The molecule has 0 aliphatic heterocycles. The molecule has 0 radical (unpaired) electrons. The van der Waals surface area contributed by atoms with Crippen LogP contribution in [0.3, 0.4) is 0 Å². The van der Waals surface area contributed by atoms with Gasteiger partial charge < -0.3 is 9.80 Å². The van der Waals surface area contributed by atoms with Gasteiger partial charge in [0.2, 0.25) is 5.91 Å². The van der Waals surface area contributed by atoms with Gasteiger partial charge in [-0.1, -0.05) is 6.92 Å². The highest BCUT2D eigenvalue weighted by molar-refractivity contribution is 7.20. The predicted molar refractivity (Wildman–Crippen MR) is 94.2 cm³/mol. The average molecular weight is 387 g/mol. The maximum absolute atomic E-state index is 12.9. The second kappa shape index (κ2) is 7.61. The van der Waals surface area contributed by atoms with E-state index >= 15 is 0 Å². The molecule has 0 unspecified atom stereocenters. The van der Waals surface area contributed by atoms with Crippen LogP contribution in [0, 0.1) is 6.92 Å². The number of alkyl halides is 3. The van der Waals surface area contributed by atoms with Gasteiger partial charge in [-0.15, -0.1) is 11.3 Å². The minimum Gasteiger partial charge on any atom is -0.347 e. The Morgan fingerprint density at radius 1 is 1.23 bits per heavy atom. The summed E-state index contributed by atoms with van der Waals surface area (Å²) < 4.78 is 38.6. The highest BCUT2D eigenvalue weighted by atomic mass is 32.1. The molecule has 26 heavy (non-hydrogen) atoms. The van der Waals surface area contributed by atoms with E-state index in [1.165, 1.54) is 15.9 Å². The van der Waals surface area contributed by atoms with Crippen molar-refractivity contribution in [2.75, 3.05) is 27.2 Å². The summed E-state index contributed by atoms with van der Waals surface area (Å²) in [6.45, 7) is 3.87. The van der Waals surface area contributed by atoms with Crippen LogP contribution in [0.5, 0.6) is 0 Å². The fourth-order valence-corrected chi connectivity index (χ4v) is 3.58. The van der Waals surface area contributed by atoms with E-state index in [0.29, 0.717) is 28.8 Å². The SMILES string of the molecule is CCCN(CC(=O)N(C)C)C(=O)c1sc2nc(C(F)(F)F)ccc2c1C. The third-order valence-electron chi connectivity index (χ3n) is 3.89. The first-order valence-corrected chi connectivity index (χ1v) is 8.84. The van der Waals surface area contributed by atoms with Crippen molar-refractivity contribution < 1.29 is 22.8 Å². The second-order valence-electron chi connectivity index (χ2n) is 6.12. The van der Waals surface area contributed by atoms with Gasteiger partial charge in [-0.3, -0.25) is 9.59 Å². The Balaban J connectivity index is 2.41. The van der Waals surface area contributed by atoms with Gasteiger partial charge in [0.05, 0.1) is 4.88 Å². The Labute approximate surface area is 153 Å². The Hall–Kier alpha value is -2.16. The number of pyridine rings is 1. The molecule has 9 heteroatoms. The Morgan fingerprint density at radius 2 is 1.88 bits per heavy atom. The number of amides is 2. The zero-order valence-electron chi connectivity index (χ0n) is 15.0. The number of thiophene rings is 1. The lowest BCUT2D eigenvalue weighted by molar-refractivity contribution is -0.141. The summed E-state index contributed by atoms with van der Waals surface area (Å²) in [6, 6.07) is 2.25. The quantitative estimate of drug-likeness (QED) is 0.788. The lowest BCUT2D eigenvalue weighted by atomic mass is 10.1. The molecule has 2 aromatic heterocycles. The molecule has 2 rings (SSSR count). The molecule has 0 fully saturated rings. The number of likely N-dealkylation sites (N-methyl/N-ethyl adjacent to an activating group) is 1. The van der Waals surface area contributed by atoms with Crippen LogP contribution in [0.1, 0.15) is 34.3 Å². The third kappa shape index (κ3) is 4.14. The summed E-state index contributed by atoms with van der Waals surface area (Å²) >= 11 is 0.925. The summed E-state index contributed by atoms with van der Waals surface area (Å²) in [7, 11) is 3.20. The van der Waals surface area contributed by atoms with Crippen LogP contribution < -0.4 is 0 Å². The van der Waals surface area contributed by atoms with E-state index in [2.05, 4.69) is 4.98 Å². The molecule has 2 heterocycles. The largest absolute Gasteiger partial charge is 0.433 e. The molecule has 0 spiro atoms. The molecule has 142 valence electrons. The zero-order valence-corrected chi connectivity index (χ0v) is 15.8. The van der Waals surface area contributed by atoms with Gasteiger partial charge in [0.25, 0.3) is 5.91 Å². The molecule has 0 aliphatic rings. The molecule has 0 saturated heterocycles. The van der Waals surface area contributed by atoms with E-state index in [0.717, 1.165) is 17.4 Å². The van der Waals surface area contributed by atoms with Gasteiger partial charge in [-0.25, -0.2) is 4.98 Å². The molecule has 0 saturated carbocycles. The van der Waals surface area contributed by atoms with E-state index in [9.17, 15) is 22.8 Å². The van der Waals surface area contributed by atoms with Crippen LogP contribution in [0.15, 0.2) is 12.1 Å². The number of hydrogen-bond donors (Lipinski definition) is 0. The lowest BCUT2D eigenvalue weighted by Gasteiger charge is -2.23. The monoisotopic (exact) mass is 387 g/mol. The van der Waals surface area contributed by atoms with Crippen molar-refractivity contribution in [2.45, 2.75) is 26.4 Å². The van der Waals surface area contributed by atoms with Crippen LogP contribution in [0.25, 0.3) is 10.2 Å². The average Bonchev–Trinajstić information content (AvgIpc) is 2.89. The lowest BCUT2D eigenvalue weighted by Crippen LogP contribution is -2.40. The number of hydrogen-bond acceptors (Lipinski definition) is 4. The number of halogens is 3. The van der Waals surface area contributed by atoms with Gasteiger partial charge >= 0.3 is 6.18 Å². The first kappa shape index (κ1) is 20.2. The summed E-state index contributed by atoms with van der Waals surface area (Å²) in [5.74, 6) is -0.584. The van der Waals surface area contributed by atoms with Crippen molar-refractivity contribution in [3.63, 3.8) is 0 Å². The standard InChI is InChI=1S/C17H20F3N3O2S/c1-5-8-23(9-13(24)22(3)4)16(25)14-10(2)11-6-7-12(17(18,19)20)21-15(11)26-14/h6-7H,5,8-9H2,1-4H3. The number of rotatable bonds is 5. The molecule has 0 aliphatic carbocycles. The van der Waals surface area contributed by atoms with E-state index in [1.807, 2.05) is 6.92 Å². The first-order chi connectivity index (χ1) is 12.1. The van der Waals surface area contributed by atoms with Gasteiger partial charge in [0, 0.05) is 26.0 Å². The molecule has 2 amide bonds. The van der Waals surface area contributed by atoms with E-state index in [1.54, 1.807) is 21.0 Å². The summed E-state index contributed by atoms with van der Waals surface area (Å²) in [6.07, 6.45) is -3.88. The Morgan fingerprint density at radius 3 is 2.42 bits per heavy atom. The molecular weight excluding hydrogens is 367 g/mol. The van der Waals surface area contributed by atoms with Gasteiger partial charge in [0.15, 0.2) is 0 Å². The zero-order chi connectivity index (χ0) is 19.6. The molecule has 0 aromatic carbocycles. The van der Waals surface area contributed by atoms with E-state index < -0.39 is 11.9 Å². The summed E-state index contributed by atoms with van der Waals surface area (Å²) in [5, 5.41) is 0.515. The second-order valence-corrected chi connectivity index (χ2v) is 7.12. The fourth-order valence-electron chi connectivity index (χ4n) is 2.43. The van der Waals surface area contributed by atoms with Crippen LogP contribution in [-0.2, 0) is 11.0 Å². The number of carbonyl (C=O) groups is 2. The molecule has 0 atom stereocenters. The van der Waals surface area contributed by atoms with Crippen molar-refractivity contribution in [2.24, 2.45) is 0 Å². The number of carbonyl (C=O) groups excluding carboxylic acids is 2. The minimum absolute atomic E-state index is 0.0748. The number of nitrogens with zero attached hydrogens (tertiary/aromatic N) is 3. The van der Waals surface area contributed by atoms with Gasteiger partial charge in [-0.2, -0.15) is 13.2 Å². The molecule has 5 nitrogen and oxygen atoms in total. The molecule has 2 aromatic rings. The van der Waals surface area contributed by atoms with Crippen molar-refractivity contribution in [3.05, 3.63) is 28.3 Å². The highest BCUT2D eigenvalue weighted by Gasteiger charge is 2.33. The summed E-state index contributed by atoms with van der Waals surface area (Å²) in [4.78, 5) is 31.8. The normalized spacial score (nSPS) is 11.7. The molecule has 0 bridgehead atoms. The van der Waals surface area contributed by atoms with Crippen molar-refractivity contribution in [1.82, 2.24) is 14.8 Å². The van der Waals surface area contributed by atoms with Crippen LogP contribution >= 0.6 is 11.3 Å². The molecular formula is C17H20F3N3O2S. The van der Waals surface area contributed by atoms with Crippen LogP contribution in [-0.4, -0.2) is 53.8 Å². The maximum Gasteiger partial charge on any atom is 0.433 e.